The van der Waals surface area contributed by atoms with E-state index in [2.05, 4.69) is 9.98 Å². The summed E-state index contributed by atoms with van der Waals surface area (Å²) in [5, 5.41) is 11.2. The zero-order chi connectivity index (χ0) is 9.68. The average molecular weight is 177 g/mol. The van der Waals surface area contributed by atoms with Crippen LogP contribution in [-0.4, -0.2) is 10.9 Å². The highest BCUT2D eigenvalue weighted by molar-refractivity contribution is 5.90. The molecule has 0 radical (unpaired) electrons. The van der Waals surface area contributed by atoms with E-state index in [-0.39, 0.29) is 5.56 Å². The molecular weight excluding hydrogens is 168 g/mol. The van der Waals surface area contributed by atoms with Crippen LogP contribution >= 0.6 is 0 Å². The van der Waals surface area contributed by atoms with Crippen molar-refractivity contribution in [1.29, 1.82) is 0 Å². The van der Waals surface area contributed by atoms with Crippen LogP contribution in [0, 0.1) is 0 Å². The largest absolute Gasteiger partial charge is 0.858 e. The Morgan fingerprint density at radius 1 is 1.69 bits per heavy atom. The van der Waals surface area contributed by atoms with E-state index in [1.807, 2.05) is 0 Å². The predicted molar refractivity (Wildman–Crippen MR) is 48.4 cm³/mol. The van der Waals surface area contributed by atoms with Gasteiger partial charge in [-0.05, 0) is 25.0 Å². The monoisotopic (exact) mass is 177 g/mol. The SMILES string of the molecule is C/C=C\N=C([O-])c1ccc[nH]c1=O. The Morgan fingerprint density at radius 2 is 2.46 bits per heavy atom. The number of aromatic amines is 1. The van der Waals surface area contributed by atoms with Gasteiger partial charge >= 0.3 is 0 Å². The van der Waals surface area contributed by atoms with E-state index in [4.69, 9.17) is 0 Å². The Morgan fingerprint density at radius 3 is 3.08 bits per heavy atom. The number of H-pyrrole nitrogens is 1. The molecule has 68 valence electrons. The molecule has 4 heteroatoms. The molecule has 0 unspecified atom stereocenters. The number of rotatable bonds is 2. The van der Waals surface area contributed by atoms with Crippen LogP contribution in [0.5, 0.6) is 0 Å². The minimum atomic E-state index is -0.528. The molecule has 0 saturated heterocycles. The third-order valence-electron chi connectivity index (χ3n) is 1.39. The summed E-state index contributed by atoms with van der Waals surface area (Å²) < 4.78 is 0. The fourth-order valence-electron chi connectivity index (χ4n) is 0.802. The average Bonchev–Trinajstić information content (AvgIpc) is 2.15. The van der Waals surface area contributed by atoms with E-state index >= 15 is 0 Å². The van der Waals surface area contributed by atoms with Gasteiger partial charge in [-0.25, -0.2) is 0 Å². The zero-order valence-corrected chi connectivity index (χ0v) is 7.15. The molecule has 4 nitrogen and oxygen atoms in total. The van der Waals surface area contributed by atoms with Crippen LogP contribution in [0.2, 0.25) is 0 Å². The fraction of sp³-hybridized carbons (Fsp3) is 0.111. The van der Waals surface area contributed by atoms with E-state index in [1.54, 1.807) is 19.1 Å². The third-order valence-corrected chi connectivity index (χ3v) is 1.39. The number of hydrogen-bond donors (Lipinski definition) is 1. The normalized spacial score (nSPS) is 12.2. The molecule has 0 saturated carbocycles. The first-order valence-corrected chi connectivity index (χ1v) is 3.79. The van der Waals surface area contributed by atoms with Crippen molar-refractivity contribution >= 4 is 5.90 Å². The molecule has 0 atom stereocenters. The summed E-state index contributed by atoms with van der Waals surface area (Å²) in [4.78, 5) is 17.0. The van der Waals surface area contributed by atoms with Crippen molar-refractivity contribution in [1.82, 2.24) is 4.98 Å². The van der Waals surface area contributed by atoms with Gasteiger partial charge in [0.15, 0.2) is 0 Å². The molecule has 1 aromatic rings. The van der Waals surface area contributed by atoms with Crippen molar-refractivity contribution in [3.05, 3.63) is 46.5 Å². The van der Waals surface area contributed by atoms with Gasteiger partial charge in [-0.15, -0.1) is 0 Å². The minimum Gasteiger partial charge on any atom is -0.858 e. The second kappa shape index (κ2) is 4.25. The summed E-state index contributed by atoms with van der Waals surface area (Å²) in [5.41, 5.74) is -0.360. The molecule has 1 rings (SSSR count). The summed E-state index contributed by atoms with van der Waals surface area (Å²) in [6.07, 6.45) is 4.44. The maximum Gasteiger partial charge on any atom is 0.256 e. The highest BCUT2D eigenvalue weighted by Gasteiger charge is 1.94. The van der Waals surface area contributed by atoms with Crippen LogP contribution in [0.15, 0.2) is 40.4 Å². The Bertz CT molecular complexity index is 391. The van der Waals surface area contributed by atoms with Gasteiger partial charge in [-0.1, -0.05) is 6.08 Å². The first-order chi connectivity index (χ1) is 6.25. The van der Waals surface area contributed by atoms with Gasteiger partial charge in [0.05, 0.1) is 5.56 Å². The van der Waals surface area contributed by atoms with Crippen LogP contribution in [0.25, 0.3) is 0 Å². The lowest BCUT2D eigenvalue weighted by atomic mass is 10.3. The maximum atomic E-state index is 11.2. The number of pyridine rings is 1. The lowest BCUT2D eigenvalue weighted by Gasteiger charge is -2.06. The van der Waals surface area contributed by atoms with Crippen LogP contribution in [0.3, 0.4) is 0 Å². The third kappa shape index (κ3) is 2.30. The quantitative estimate of drug-likeness (QED) is 0.511. The van der Waals surface area contributed by atoms with Gasteiger partial charge in [0.2, 0.25) is 0 Å². The van der Waals surface area contributed by atoms with Crippen LogP contribution in [-0.2, 0) is 0 Å². The van der Waals surface area contributed by atoms with Crippen molar-refractivity contribution in [3.63, 3.8) is 0 Å². The molecule has 0 aliphatic carbocycles. The predicted octanol–water partition coefficient (Wildman–Crippen LogP) is 0.0154. The van der Waals surface area contributed by atoms with Gasteiger partial charge in [0.1, 0.15) is 0 Å². The summed E-state index contributed by atoms with van der Waals surface area (Å²) in [7, 11) is 0. The molecule has 0 fully saturated rings. The van der Waals surface area contributed by atoms with E-state index < -0.39 is 11.5 Å². The fourth-order valence-corrected chi connectivity index (χ4v) is 0.802. The molecule has 13 heavy (non-hydrogen) atoms. The number of aliphatic imine (C=N–C) groups is 1. The van der Waals surface area contributed by atoms with E-state index in [0.29, 0.717) is 0 Å². The van der Waals surface area contributed by atoms with Crippen molar-refractivity contribution < 1.29 is 5.11 Å². The highest BCUT2D eigenvalue weighted by atomic mass is 16.3. The van der Waals surface area contributed by atoms with Crippen molar-refractivity contribution in [3.8, 4) is 0 Å². The van der Waals surface area contributed by atoms with Crippen LogP contribution in [0.1, 0.15) is 12.5 Å². The summed E-state index contributed by atoms with van der Waals surface area (Å²) in [6.45, 7) is 1.74. The van der Waals surface area contributed by atoms with Crippen molar-refractivity contribution in [2.45, 2.75) is 6.92 Å². The number of allylic oxidation sites excluding steroid dienone is 1. The Hall–Kier alpha value is -1.84. The first kappa shape index (κ1) is 9.25. The molecule has 0 aliphatic heterocycles. The van der Waals surface area contributed by atoms with Gasteiger partial charge in [-0.2, -0.15) is 0 Å². The lowest BCUT2D eigenvalue weighted by Crippen LogP contribution is -2.26. The standard InChI is InChI=1S/C9H10N2O2/c1-2-5-10-8(12)7-4-3-6-11-9(7)13/h2-6H,1H3,(H,10,12)(H,11,13)/p-1/b5-2-. The lowest BCUT2D eigenvalue weighted by molar-refractivity contribution is -0.212. The van der Waals surface area contributed by atoms with Crippen LogP contribution < -0.4 is 10.7 Å². The first-order valence-electron chi connectivity index (χ1n) is 3.79. The summed E-state index contributed by atoms with van der Waals surface area (Å²) in [5.74, 6) is -0.528. The zero-order valence-electron chi connectivity index (χ0n) is 7.15. The van der Waals surface area contributed by atoms with E-state index in [9.17, 15) is 9.90 Å². The second-order valence-corrected chi connectivity index (χ2v) is 2.33. The van der Waals surface area contributed by atoms with Gasteiger partial charge in [-0.3, -0.25) is 9.79 Å². The molecule has 0 amide bonds. The molecule has 0 aliphatic rings. The molecule has 0 spiro atoms. The summed E-state index contributed by atoms with van der Waals surface area (Å²) in [6, 6.07) is 3.02. The van der Waals surface area contributed by atoms with Crippen LogP contribution in [0.4, 0.5) is 0 Å². The number of hydrogen-bond acceptors (Lipinski definition) is 3. The number of aromatic nitrogens is 1. The Balaban J connectivity index is 3.09. The molecule has 1 heterocycles. The van der Waals surface area contributed by atoms with E-state index in [0.717, 1.165) is 0 Å². The van der Waals surface area contributed by atoms with Crippen molar-refractivity contribution in [2.75, 3.05) is 0 Å². The van der Waals surface area contributed by atoms with E-state index in [1.165, 1.54) is 18.5 Å². The van der Waals surface area contributed by atoms with Crippen molar-refractivity contribution in [2.24, 2.45) is 4.99 Å². The van der Waals surface area contributed by atoms with Gasteiger partial charge < -0.3 is 10.1 Å². The molecule has 0 aromatic carbocycles. The van der Waals surface area contributed by atoms with Gasteiger partial charge in [0, 0.05) is 12.4 Å². The molecule has 0 bridgehead atoms. The Labute approximate surface area is 75.3 Å². The van der Waals surface area contributed by atoms with Gasteiger partial charge in [0.25, 0.3) is 5.56 Å². The highest BCUT2D eigenvalue weighted by Crippen LogP contribution is 1.88. The minimum absolute atomic E-state index is 0.0561. The second-order valence-electron chi connectivity index (χ2n) is 2.33. The number of nitrogens with one attached hydrogen (secondary N) is 1. The smallest absolute Gasteiger partial charge is 0.256 e. The molecule has 1 N–H and O–H groups in total. The maximum absolute atomic E-state index is 11.2. The topological polar surface area (TPSA) is 68.3 Å². The molecule has 1 aromatic heterocycles. The summed E-state index contributed by atoms with van der Waals surface area (Å²) >= 11 is 0. The Kier molecular flexibility index (Phi) is 3.03. The number of nitrogens with zero attached hydrogens (tertiary/aromatic N) is 1. The molecular formula is C9H9N2O2-.